The standard InChI is InChI=1S/C12H16N4O2/c17-4-7-13-12(16-15-7)14-11(18)10-8-5-1-2-6(3-5)9(8)10/h5-6,8-10,17H,1-4H2,(H2,13,14,15,16,18)/t5-,6+,8+,9-,10?. The Kier molecular flexibility index (Phi) is 2.06. The fraction of sp³-hybridized carbons (Fsp3) is 0.750. The molecule has 96 valence electrons. The molecular formula is C12H16N4O2. The number of nitrogens with zero attached hydrogens (tertiary/aromatic N) is 2. The van der Waals surface area contributed by atoms with Crippen LogP contribution >= 0.6 is 0 Å². The number of aliphatic hydroxyl groups is 1. The van der Waals surface area contributed by atoms with Crippen molar-refractivity contribution >= 4 is 11.9 Å². The van der Waals surface area contributed by atoms with Gasteiger partial charge >= 0.3 is 0 Å². The number of fused-ring (bicyclic) bond motifs is 5. The number of aliphatic hydroxyl groups excluding tert-OH is 1. The molecule has 0 aromatic carbocycles. The van der Waals surface area contributed by atoms with E-state index in [-0.39, 0.29) is 24.4 Å². The van der Waals surface area contributed by atoms with Gasteiger partial charge in [-0.15, -0.1) is 5.10 Å². The van der Waals surface area contributed by atoms with Crippen molar-refractivity contribution in [3.05, 3.63) is 5.82 Å². The first-order chi connectivity index (χ1) is 8.78. The van der Waals surface area contributed by atoms with Crippen LogP contribution in [0.15, 0.2) is 0 Å². The minimum Gasteiger partial charge on any atom is -0.388 e. The molecule has 3 fully saturated rings. The fourth-order valence-electron chi connectivity index (χ4n) is 4.29. The number of amides is 1. The van der Waals surface area contributed by atoms with Gasteiger partial charge in [0.25, 0.3) is 0 Å². The third-order valence-corrected chi connectivity index (χ3v) is 4.95. The van der Waals surface area contributed by atoms with Gasteiger partial charge in [0.15, 0.2) is 5.82 Å². The molecule has 6 nitrogen and oxygen atoms in total. The molecule has 3 aliphatic carbocycles. The first-order valence-electron chi connectivity index (χ1n) is 6.61. The van der Waals surface area contributed by atoms with Crippen molar-refractivity contribution < 1.29 is 9.90 Å². The molecule has 0 saturated heterocycles. The monoisotopic (exact) mass is 248 g/mol. The number of nitrogens with one attached hydrogen (secondary N) is 2. The number of aromatic amines is 1. The van der Waals surface area contributed by atoms with Crippen LogP contribution in [0, 0.1) is 29.6 Å². The Bertz CT molecular complexity index is 484. The van der Waals surface area contributed by atoms with Crippen molar-refractivity contribution in [1.82, 2.24) is 15.2 Å². The second kappa shape index (κ2) is 3.54. The van der Waals surface area contributed by atoms with Gasteiger partial charge in [-0.3, -0.25) is 15.2 Å². The molecule has 1 aromatic rings. The van der Waals surface area contributed by atoms with Crippen molar-refractivity contribution in [3.63, 3.8) is 0 Å². The molecule has 0 spiro atoms. The third-order valence-electron chi connectivity index (χ3n) is 4.95. The van der Waals surface area contributed by atoms with Gasteiger partial charge in [-0.05, 0) is 42.9 Å². The summed E-state index contributed by atoms with van der Waals surface area (Å²) in [4.78, 5) is 16.1. The zero-order valence-electron chi connectivity index (χ0n) is 9.97. The van der Waals surface area contributed by atoms with E-state index in [1.165, 1.54) is 19.3 Å². The summed E-state index contributed by atoms with van der Waals surface area (Å²) in [6, 6.07) is 0. The Hall–Kier alpha value is -1.43. The van der Waals surface area contributed by atoms with E-state index in [1.807, 2.05) is 0 Å². The molecule has 1 heterocycles. The van der Waals surface area contributed by atoms with Crippen LogP contribution in [0.2, 0.25) is 0 Å². The topological polar surface area (TPSA) is 90.9 Å². The van der Waals surface area contributed by atoms with E-state index >= 15 is 0 Å². The largest absolute Gasteiger partial charge is 0.388 e. The van der Waals surface area contributed by atoms with Crippen LogP contribution < -0.4 is 5.32 Å². The van der Waals surface area contributed by atoms with Crippen molar-refractivity contribution in [3.8, 4) is 0 Å². The van der Waals surface area contributed by atoms with E-state index < -0.39 is 0 Å². The van der Waals surface area contributed by atoms with E-state index in [1.54, 1.807) is 0 Å². The second-order valence-electron chi connectivity index (χ2n) is 5.77. The van der Waals surface area contributed by atoms with Crippen molar-refractivity contribution in [2.75, 3.05) is 5.32 Å². The van der Waals surface area contributed by atoms with Gasteiger partial charge in [-0.2, -0.15) is 4.98 Å². The van der Waals surface area contributed by atoms with Crippen LogP contribution in [-0.4, -0.2) is 26.2 Å². The molecule has 3 aliphatic rings. The van der Waals surface area contributed by atoms with Crippen molar-refractivity contribution in [1.29, 1.82) is 0 Å². The molecule has 3 saturated carbocycles. The number of hydrogen-bond acceptors (Lipinski definition) is 4. The lowest BCUT2D eigenvalue weighted by atomic mass is 10.0. The molecule has 1 amide bonds. The SMILES string of the molecule is O=C(Nc1n[nH]c(CO)n1)C1[C@@H]2[C@H]3CC[C@H](C3)[C@H]12. The number of anilines is 1. The normalized spacial score (nSPS) is 39.7. The molecule has 5 atom stereocenters. The third kappa shape index (κ3) is 1.35. The molecule has 18 heavy (non-hydrogen) atoms. The maximum atomic E-state index is 12.1. The molecule has 1 unspecified atom stereocenters. The highest BCUT2D eigenvalue weighted by Crippen LogP contribution is 2.69. The minimum atomic E-state index is -0.193. The zero-order chi connectivity index (χ0) is 12.3. The predicted molar refractivity (Wildman–Crippen MR) is 62.2 cm³/mol. The van der Waals surface area contributed by atoms with Crippen LogP contribution in [0.1, 0.15) is 25.1 Å². The average Bonchev–Trinajstić information content (AvgIpc) is 2.73. The number of rotatable bonds is 3. The number of H-pyrrole nitrogens is 1. The van der Waals surface area contributed by atoms with Crippen molar-refractivity contribution in [2.24, 2.45) is 29.6 Å². The summed E-state index contributed by atoms with van der Waals surface area (Å²) in [6.07, 6.45) is 3.96. The van der Waals surface area contributed by atoms with Crippen LogP contribution in [0.3, 0.4) is 0 Å². The van der Waals surface area contributed by atoms with E-state index in [0.717, 1.165) is 11.8 Å². The second-order valence-corrected chi connectivity index (χ2v) is 5.77. The first kappa shape index (κ1) is 10.5. The van der Waals surface area contributed by atoms with Gasteiger partial charge < -0.3 is 5.11 Å². The average molecular weight is 248 g/mol. The summed E-state index contributed by atoms with van der Waals surface area (Å²) in [5.41, 5.74) is 0. The molecule has 2 bridgehead atoms. The van der Waals surface area contributed by atoms with Crippen LogP contribution in [0.4, 0.5) is 5.95 Å². The van der Waals surface area contributed by atoms with Gasteiger partial charge in [0.1, 0.15) is 6.61 Å². The lowest BCUT2D eigenvalue weighted by Gasteiger charge is -2.07. The number of carbonyl (C=O) groups is 1. The Morgan fingerprint density at radius 3 is 2.72 bits per heavy atom. The van der Waals surface area contributed by atoms with E-state index in [9.17, 15) is 4.79 Å². The highest BCUT2D eigenvalue weighted by Gasteiger charge is 2.67. The lowest BCUT2D eigenvalue weighted by molar-refractivity contribution is -0.118. The highest BCUT2D eigenvalue weighted by atomic mass is 16.3. The lowest BCUT2D eigenvalue weighted by Crippen LogP contribution is -2.19. The zero-order valence-corrected chi connectivity index (χ0v) is 9.97. The summed E-state index contributed by atoms with van der Waals surface area (Å²) in [5, 5.41) is 18.1. The van der Waals surface area contributed by atoms with Gasteiger partial charge in [-0.25, -0.2) is 0 Å². The summed E-state index contributed by atoms with van der Waals surface area (Å²) in [7, 11) is 0. The highest BCUT2D eigenvalue weighted by molar-refractivity contribution is 5.93. The van der Waals surface area contributed by atoms with Crippen LogP contribution in [0.25, 0.3) is 0 Å². The molecule has 0 aliphatic heterocycles. The molecule has 1 aromatic heterocycles. The summed E-state index contributed by atoms with van der Waals surface area (Å²) < 4.78 is 0. The van der Waals surface area contributed by atoms with E-state index in [0.29, 0.717) is 17.7 Å². The number of hydrogen-bond donors (Lipinski definition) is 3. The Morgan fingerprint density at radius 1 is 1.39 bits per heavy atom. The Labute approximate surface area is 104 Å². The molecule has 3 N–H and O–H groups in total. The maximum absolute atomic E-state index is 12.1. The van der Waals surface area contributed by atoms with E-state index in [4.69, 9.17) is 5.11 Å². The Morgan fingerprint density at radius 2 is 2.11 bits per heavy atom. The summed E-state index contributed by atoms with van der Waals surface area (Å²) in [6.45, 7) is -0.193. The van der Waals surface area contributed by atoms with Crippen molar-refractivity contribution in [2.45, 2.75) is 25.9 Å². The first-order valence-corrected chi connectivity index (χ1v) is 6.61. The maximum Gasteiger partial charge on any atom is 0.248 e. The molecule has 4 rings (SSSR count). The smallest absolute Gasteiger partial charge is 0.248 e. The number of carbonyl (C=O) groups excluding carboxylic acids is 1. The molecule has 6 heteroatoms. The minimum absolute atomic E-state index is 0.0603. The van der Waals surface area contributed by atoms with Gasteiger partial charge in [0, 0.05) is 5.92 Å². The summed E-state index contributed by atoms with van der Waals surface area (Å²) in [5.74, 6) is 3.73. The van der Waals surface area contributed by atoms with Gasteiger partial charge in [0.05, 0.1) is 0 Å². The molecule has 0 radical (unpaired) electrons. The van der Waals surface area contributed by atoms with Gasteiger partial charge in [0.2, 0.25) is 11.9 Å². The summed E-state index contributed by atoms with van der Waals surface area (Å²) >= 11 is 0. The van der Waals surface area contributed by atoms with Crippen LogP contribution in [0.5, 0.6) is 0 Å². The van der Waals surface area contributed by atoms with E-state index in [2.05, 4.69) is 20.5 Å². The number of aromatic nitrogens is 3. The quantitative estimate of drug-likeness (QED) is 0.727. The predicted octanol–water partition coefficient (Wildman–Crippen LogP) is 0.528. The Balaban J connectivity index is 1.43. The fourth-order valence-corrected chi connectivity index (χ4v) is 4.29. The van der Waals surface area contributed by atoms with Crippen LogP contribution in [-0.2, 0) is 11.4 Å². The molecular weight excluding hydrogens is 232 g/mol. The van der Waals surface area contributed by atoms with Gasteiger partial charge in [-0.1, -0.05) is 0 Å².